The number of carboxylic acids is 1. The number of phenolic OH excluding ortho intramolecular Hbond substituents is 2. The molecule has 0 radical (unpaired) electrons. The van der Waals surface area contributed by atoms with E-state index in [1.165, 1.54) is 24.3 Å². The zero-order valence-corrected chi connectivity index (χ0v) is 12.9. The molecule has 86 valence electrons. The molecule has 0 aromatic heterocycles. The molecule has 2 N–H and O–H groups in total. The monoisotopic (exact) mass is 268 g/mol. The Balaban J connectivity index is 0.00000162. The quantitative estimate of drug-likeness (QED) is 0.626. The molecule has 2 aromatic rings. The van der Waals surface area contributed by atoms with Crippen LogP contribution in [0.4, 0.5) is 0 Å². The third-order valence-corrected chi connectivity index (χ3v) is 2.43. The summed E-state index contributed by atoms with van der Waals surface area (Å²) in [5.41, 5.74) is 0.568. The molecule has 0 aliphatic heterocycles. The van der Waals surface area contributed by atoms with Gasteiger partial charge in [-0.3, -0.25) is 0 Å². The number of hydrogen-bond donors (Lipinski definition) is 2. The molecule has 0 amide bonds. The van der Waals surface area contributed by atoms with Crippen LogP contribution in [0, 0.1) is 0 Å². The van der Waals surface area contributed by atoms with Gasteiger partial charge in [0.2, 0.25) is 0 Å². The van der Waals surface area contributed by atoms with Gasteiger partial charge in [-0.05, 0) is 29.8 Å². The van der Waals surface area contributed by atoms with Crippen LogP contribution in [0.1, 0.15) is 10.4 Å². The number of aromatic carboxylic acids is 1. The van der Waals surface area contributed by atoms with Gasteiger partial charge in [0.15, 0.2) is 0 Å². The van der Waals surface area contributed by atoms with Gasteiger partial charge in [-0.2, -0.15) is 0 Å². The van der Waals surface area contributed by atoms with Crippen molar-refractivity contribution in [1.29, 1.82) is 0 Å². The zero-order chi connectivity index (χ0) is 12.4. The second-order valence-corrected chi connectivity index (χ2v) is 3.54. The molecule has 4 nitrogen and oxygen atoms in total. The summed E-state index contributed by atoms with van der Waals surface area (Å²) in [4.78, 5) is 10.7. The fourth-order valence-corrected chi connectivity index (χ4v) is 1.58. The Bertz CT molecular complexity index is 581. The molecule has 2 rings (SSSR count). The molecule has 2 aromatic carbocycles. The Hall–Kier alpha value is -0.854. The standard InChI is InChI=1S/C13H10O4.K/c14-11-4-2-1-3-9(11)10-7-8(13(16)17)5-6-12(10)15;/h1-7,14-15H,(H,16,17);/q;+1/p-1. The summed E-state index contributed by atoms with van der Waals surface area (Å²) in [6.45, 7) is 0. The summed E-state index contributed by atoms with van der Waals surface area (Å²) >= 11 is 0. The maximum atomic E-state index is 10.7. The first-order valence-electron chi connectivity index (χ1n) is 4.92. The topological polar surface area (TPSA) is 80.6 Å². The van der Waals surface area contributed by atoms with E-state index in [1.54, 1.807) is 18.2 Å². The second-order valence-electron chi connectivity index (χ2n) is 3.54. The molecule has 0 atom stereocenters. The van der Waals surface area contributed by atoms with E-state index >= 15 is 0 Å². The van der Waals surface area contributed by atoms with Gasteiger partial charge in [0, 0.05) is 11.1 Å². The molecule has 0 aliphatic rings. The van der Waals surface area contributed by atoms with E-state index in [0.717, 1.165) is 0 Å². The Morgan fingerprint density at radius 1 is 0.944 bits per heavy atom. The minimum atomic E-state index is -1.33. The third kappa shape index (κ3) is 3.12. The van der Waals surface area contributed by atoms with Crippen LogP contribution < -0.4 is 56.5 Å². The largest absolute Gasteiger partial charge is 1.00 e. The summed E-state index contributed by atoms with van der Waals surface area (Å²) in [6.07, 6.45) is 0. The van der Waals surface area contributed by atoms with Gasteiger partial charge in [-0.15, -0.1) is 0 Å². The predicted molar refractivity (Wildman–Crippen MR) is 59.5 cm³/mol. The Morgan fingerprint density at radius 2 is 1.56 bits per heavy atom. The van der Waals surface area contributed by atoms with Crippen molar-refractivity contribution in [3.05, 3.63) is 48.0 Å². The first kappa shape index (κ1) is 15.2. The van der Waals surface area contributed by atoms with Crippen LogP contribution in [0.25, 0.3) is 11.1 Å². The van der Waals surface area contributed by atoms with E-state index in [9.17, 15) is 20.1 Å². The van der Waals surface area contributed by atoms with E-state index in [4.69, 9.17) is 0 Å². The molecule has 18 heavy (non-hydrogen) atoms. The molecule has 0 saturated heterocycles. The number of carbonyl (C=O) groups is 1. The van der Waals surface area contributed by atoms with Gasteiger partial charge < -0.3 is 20.1 Å². The van der Waals surface area contributed by atoms with Gasteiger partial charge in [0.1, 0.15) is 11.5 Å². The number of rotatable bonds is 2. The van der Waals surface area contributed by atoms with Crippen LogP contribution in [0.5, 0.6) is 11.5 Å². The average molecular weight is 268 g/mol. The van der Waals surface area contributed by atoms with Gasteiger partial charge in [-0.25, -0.2) is 0 Å². The second kappa shape index (κ2) is 6.35. The first-order chi connectivity index (χ1) is 8.09. The molecule has 0 fully saturated rings. The molecular formula is C13H9KO4. The molecule has 5 heteroatoms. The Kier molecular flexibility index (Phi) is 5.37. The minimum Gasteiger partial charge on any atom is -0.545 e. The van der Waals surface area contributed by atoms with E-state index in [0.29, 0.717) is 5.56 Å². The van der Waals surface area contributed by atoms with Crippen molar-refractivity contribution < 1.29 is 71.5 Å². The predicted octanol–water partition coefficient (Wildman–Crippen LogP) is -1.87. The first-order valence-corrected chi connectivity index (χ1v) is 4.92. The number of hydrogen-bond acceptors (Lipinski definition) is 4. The summed E-state index contributed by atoms with van der Waals surface area (Å²) in [5.74, 6) is -1.46. The minimum absolute atomic E-state index is 0. The van der Waals surface area contributed by atoms with Crippen molar-refractivity contribution in [2.75, 3.05) is 0 Å². The van der Waals surface area contributed by atoms with Crippen LogP contribution in [-0.4, -0.2) is 16.2 Å². The van der Waals surface area contributed by atoms with Crippen molar-refractivity contribution in [3.8, 4) is 22.6 Å². The maximum absolute atomic E-state index is 10.7. The average Bonchev–Trinajstić information content (AvgIpc) is 2.30. The van der Waals surface area contributed by atoms with E-state index in [-0.39, 0.29) is 74.0 Å². The number of benzene rings is 2. The van der Waals surface area contributed by atoms with Crippen molar-refractivity contribution in [3.63, 3.8) is 0 Å². The summed E-state index contributed by atoms with van der Waals surface area (Å²) in [6, 6.07) is 10.1. The number of aromatic hydroxyl groups is 2. The van der Waals surface area contributed by atoms with Crippen molar-refractivity contribution >= 4 is 5.97 Å². The maximum Gasteiger partial charge on any atom is 1.00 e. The molecule has 0 saturated carbocycles. The molecule has 0 heterocycles. The molecule has 0 aliphatic carbocycles. The van der Waals surface area contributed by atoms with Crippen LogP contribution in [0.2, 0.25) is 0 Å². The van der Waals surface area contributed by atoms with E-state index in [2.05, 4.69) is 0 Å². The van der Waals surface area contributed by atoms with Crippen LogP contribution in [0.15, 0.2) is 42.5 Å². The molecule has 0 unspecified atom stereocenters. The Morgan fingerprint density at radius 3 is 2.17 bits per heavy atom. The number of phenols is 2. The van der Waals surface area contributed by atoms with Crippen LogP contribution in [0.3, 0.4) is 0 Å². The molecule has 0 spiro atoms. The van der Waals surface area contributed by atoms with Crippen molar-refractivity contribution in [2.24, 2.45) is 0 Å². The third-order valence-electron chi connectivity index (χ3n) is 2.43. The number of carbonyl (C=O) groups excluding carboxylic acids is 1. The van der Waals surface area contributed by atoms with Gasteiger partial charge >= 0.3 is 51.4 Å². The summed E-state index contributed by atoms with van der Waals surface area (Å²) < 4.78 is 0. The molecular weight excluding hydrogens is 259 g/mol. The molecule has 0 bridgehead atoms. The van der Waals surface area contributed by atoms with E-state index in [1.807, 2.05) is 0 Å². The van der Waals surface area contributed by atoms with Crippen LogP contribution >= 0.6 is 0 Å². The zero-order valence-electron chi connectivity index (χ0n) is 9.75. The number of para-hydroxylation sites is 1. The SMILES string of the molecule is O=C([O-])c1ccc(O)c(-c2ccccc2O)c1.[K+]. The summed E-state index contributed by atoms with van der Waals surface area (Å²) in [5, 5.41) is 30.0. The number of carboxylic acid groups (broad SMARTS) is 1. The van der Waals surface area contributed by atoms with Gasteiger partial charge in [0.05, 0.1) is 5.97 Å². The fourth-order valence-electron chi connectivity index (χ4n) is 1.58. The summed E-state index contributed by atoms with van der Waals surface area (Å²) in [7, 11) is 0. The smallest absolute Gasteiger partial charge is 0.545 e. The van der Waals surface area contributed by atoms with Gasteiger partial charge in [-0.1, -0.05) is 18.2 Å². The fraction of sp³-hybridized carbons (Fsp3) is 0. The van der Waals surface area contributed by atoms with Gasteiger partial charge in [0.25, 0.3) is 0 Å². The normalized spacial score (nSPS) is 9.56. The van der Waals surface area contributed by atoms with E-state index < -0.39 is 5.97 Å². The van der Waals surface area contributed by atoms with Crippen LogP contribution in [-0.2, 0) is 0 Å². The van der Waals surface area contributed by atoms with Crippen molar-refractivity contribution in [2.45, 2.75) is 0 Å². The van der Waals surface area contributed by atoms with Crippen molar-refractivity contribution in [1.82, 2.24) is 0 Å². The Labute approximate surface area is 146 Å².